The Morgan fingerprint density at radius 3 is 2.44 bits per heavy atom. The highest BCUT2D eigenvalue weighted by molar-refractivity contribution is 14.0. The van der Waals surface area contributed by atoms with Crippen LogP contribution in [0.5, 0.6) is 0 Å². The number of rotatable bonds is 10. The van der Waals surface area contributed by atoms with Crippen molar-refractivity contribution in [3.05, 3.63) is 29.3 Å². The molecule has 25 heavy (non-hydrogen) atoms. The molecule has 0 aliphatic heterocycles. The zero-order valence-electron chi connectivity index (χ0n) is 14.4. The van der Waals surface area contributed by atoms with Gasteiger partial charge in [0.15, 0.2) is 5.96 Å². The summed E-state index contributed by atoms with van der Waals surface area (Å²) in [5, 5.41) is 7.10. The van der Waals surface area contributed by atoms with Crippen LogP contribution < -0.4 is 15.4 Å². The second kappa shape index (κ2) is 13.9. The Kier molecular flexibility index (Phi) is 13.8. The molecule has 10 heteroatoms. The van der Waals surface area contributed by atoms with Gasteiger partial charge in [-0.2, -0.15) is 0 Å². The molecule has 0 saturated carbocycles. The quantitative estimate of drug-likeness (QED) is 0.145. The van der Waals surface area contributed by atoms with E-state index in [2.05, 4.69) is 20.3 Å². The zero-order valence-corrected chi connectivity index (χ0v) is 19.1. The van der Waals surface area contributed by atoms with Crippen LogP contribution in [0.2, 0.25) is 5.02 Å². The SMILES string of the molecule is CCNC(=NCCNS(=O)(=O)CC)NCCSc1ccc(Cl)cc1.I. The Labute approximate surface area is 177 Å². The highest BCUT2D eigenvalue weighted by Crippen LogP contribution is 2.19. The number of guanidine groups is 1. The van der Waals surface area contributed by atoms with Gasteiger partial charge in [0.05, 0.1) is 12.3 Å². The predicted octanol–water partition coefficient (Wildman–Crippen LogP) is 2.54. The molecule has 1 rings (SSSR count). The molecule has 0 aromatic heterocycles. The van der Waals surface area contributed by atoms with E-state index < -0.39 is 10.0 Å². The minimum absolute atomic E-state index is 0. The van der Waals surface area contributed by atoms with Crippen molar-refractivity contribution < 1.29 is 8.42 Å². The van der Waals surface area contributed by atoms with Gasteiger partial charge in [-0.15, -0.1) is 35.7 Å². The van der Waals surface area contributed by atoms with Crippen molar-refractivity contribution in [3.63, 3.8) is 0 Å². The Balaban J connectivity index is 0.00000576. The summed E-state index contributed by atoms with van der Waals surface area (Å²) in [5.41, 5.74) is 0. The van der Waals surface area contributed by atoms with E-state index in [0.717, 1.165) is 28.8 Å². The smallest absolute Gasteiger partial charge is 0.211 e. The number of aliphatic imine (C=N–C) groups is 1. The van der Waals surface area contributed by atoms with Gasteiger partial charge in [-0.05, 0) is 38.1 Å². The molecule has 0 fully saturated rings. The van der Waals surface area contributed by atoms with Gasteiger partial charge in [0.2, 0.25) is 10.0 Å². The molecule has 1 aromatic carbocycles. The van der Waals surface area contributed by atoms with Gasteiger partial charge >= 0.3 is 0 Å². The number of hydrogen-bond donors (Lipinski definition) is 3. The zero-order chi connectivity index (χ0) is 17.8. The summed E-state index contributed by atoms with van der Waals surface area (Å²) >= 11 is 7.59. The van der Waals surface area contributed by atoms with Crippen LogP contribution in [0.25, 0.3) is 0 Å². The van der Waals surface area contributed by atoms with Gasteiger partial charge in [-0.3, -0.25) is 4.99 Å². The molecule has 0 bridgehead atoms. The Morgan fingerprint density at radius 2 is 1.84 bits per heavy atom. The standard InChI is InChI=1S/C15H25ClN4O2S2.HI/c1-3-17-15(18-9-10-20-24(21,22)4-2)19-11-12-23-14-7-5-13(16)6-8-14;/h5-8,20H,3-4,9-12H2,1-2H3,(H2,17,18,19);1H. The van der Waals surface area contributed by atoms with Gasteiger partial charge in [-0.1, -0.05) is 11.6 Å². The number of hydrogen-bond acceptors (Lipinski definition) is 4. The molecule has 0 spiro atoms. The van der Waals surface area contributed by atoms with Crippen molar-refractivity contribution in [2.75, 3.05) is 37.7 Å². The molecule has 0 amide bonds. The second-order valence-electron chi connectivity index (χ2n) is 4.79. The number of benzene rings is 1. The number of halogens is 2. The maximum absolute atomic E-state index is 11.3. The van der Waals surface area contributed by atoms with Crippen LogP contribution in [-0.4, -0.2) is 52.1 Å². The van der Waals surface area contributed by atoms with E-state index in [-0.39, 0.29) is 29.7 Å². The summed E-state index contributed by atoms with van der Waals surface area (Å²) in [5.74, 6) is 1.65. The Bertz CT molecular complexity index is 612. The first kappa shape index (κ1) is 24.8. The second-order valence-corrected chi connectivity index (χ2v) is 8.49. The van der Waals surface area contributed by atoms with E-state index in [1.807, 2.05) is 31.2 Å². The lowest BCUT2D eigenvalue weighted by Gasteiger charge is -2.11. The molecule has 0 unspecified atom stereocenters. The lowest BCUT2D eigenvalue weighted by atomic mass is 10.4. The predicted molar refractivity (Wildman–Crippen MR) is 119 cm³/mol. The molecule has 0 saturated heterocycles. The number of thioether (sulfide) groups is 1. The average molecular weight is 521 g/mol. The highest BCUT2D eigenvalue weighted by Gasteiger charge is 2.04. The maximum Gasteiger partial charge on any atom is 0.211 e. The first-order chi connectivity index (χ1) is 11.5. The summed E-state index contributed by atoms with van der Waals surface area (Å²) in [6.07, 6.45) is 0. The number of sulfonamides is 1. The van der Waals surface area contributed by atoms with E-state index in [9.17, 15) is 8.42 Å². The maximum atomic E-state index is 11.3. The van der Waals surface area contributed by atoms with Gasteiger partial charge in [0.1, 0.15) is 0 Å². The number of nitrogens with zero attached hydrogens (tertiary/aromatic N) is 1. The van der Waals surface area contributed by atoms with Crippen LogP contribution in [0.15, 0.2) is 34.2 Å². The van der Waals surface area contributed by atoms with Crippen LogP contribution in [0.1, 0.15) is 13.8 Å². The first-order valence-electron chi connectivity index (χ1n) is 7.84. The first-order valence-corrected chi connectivity index (χ1v) is 10.9. The van der Waals surface area contributed by atoms with E-state index >= 15 is 0 Å². The molecule has 144 valence electrons. The van der Waals surface area contributed by atoms with E-state index in [1.54, 1.807) is 18.7 Å². The van der Waals surface area contributed by atoms with Gasteiger partial charge in [0, 0.05) is 35.3 Å². The van der Waals surface area contributed by atoms with Gasteiger partial charge in [-0.25, -0.2) is 13.1 Å². The van der Waals surface area contributed by atoms with Crippen LogP contribution in [0.4, 0.5) is 0 Å². The van der Waals surface area contributed by atoms with Crippen LogP contribution >= 0.6 is 47.3 Å². The highest BCUT2D eigenvalue weighted by atomic mass is 127. The topological polar surface area (TPSA) is 82.6 Å². The van der Waals surface area contributed by atoms with Crippen LogP contribution in [0.3, 0.4) is 0 Å². The minimum Gasteiger partial charge on any atom is -0.357 e. The van der Waals surface area contributed by atoms with Crippen LogP contribution in [-0.2, 0) is 10.0 Å². The molecule has 0 radical (unpaired) electrons. The fourth-order valence-corrected chi connectivity index (χ4v) is 3.18. The normalized spacial score (nSPS) is 11.7. The third-order valence-corrected chi connectivity index (χ3v) is 5.57. The monoisotopic (exact) mass is 520 g/mol. The van der Waals surface area contributed by atoms with E-state index in [1.165, 1.54) is 0 Å². The fraction of sp³-hybridized carbons (Fsp3) is 0.533. The Morgan fingerprint density at radius 1 is 1.16 bits per heavy atom. The molecule has 6 nitrogen and oxygen atoms in total. The largest absolute Gasteiger partial charge is 0.357 e. The molecule has 3 N–H and O–H groups in total. The number of nitrogens with one attached hydrogen (secondary N) is 3. The summed E-state index contributed by atoms with van der Waals surface area (Å²) < 4.78 is 25.2. The third kappa shape index (κ3) is 11.9. The van der Waals surface area contributed by atoms with Crippen molar-refractivity contribution in [2.45, 2.75) is 18.7 Å². The summed E-state index contributed by atoms with van der Waals surface area (Å²) in [7, 11) is -3.16. The molecule has 1 aromatic rings. The fourth-order valence-electron chi connectivity index (χ4n) is 1.68. The van der Waals surface area contributed by atoms with Gasteiger partial charge in [0.25, 0.3) is 0 Å². The summed E-state index contributed by atoms with van der Waals surface area (Å²) in [6, 6.07) is 7.73. The Hall–Kier alpha value is -0.230. The van der Waals surface area contributed by atoms with Gasteiger partial charge < -0.3 is 10.6 Å². The van der Waals surface area contributed by atoms with Crippen molar-refractivity contribution in [1.82, 2.24) is 15.4 Å². The van der Waals surface area contributed by atoms with Crippen LogP contribution in [0, 0.1) is 0 Å². The summed E-state index contributed by atoms with van der Waals surface area (Å²) in [6.45, 7) is 5.77. The molecular formula is C15H26ClIN4O2S2. The van der Waals surface area contributed by atoms with Crippen molar-refractivity contribution in [1.29, 1.82) is 0 Å². The molecule has 0 heterocycles. The van der Waals surface area contributed by atoms with E-state index in [4.69, 9.17) is 11.6 Å². The minimum atomic E-state index is -3.16. The average Bonchev–Trinajstić information content (AvgIpc) is 2.57. The lowest BCUT2D eigenvalue weighted by molar-refractivity contribution is 0.583. The molecule has 0 atom stereocenters. The summed E-state index contributed by atoms with van der Waals surface area (Å²) in [4.78, 5) is 5.51. The molecule has 0 aliphatic carbocycles. The van der Waals surface area contributed by atoms with E-state index in [0.29, 0.717) is 19.0 Å². The molecule has 0 aliphatic rings. The van der Waals surface area contributed by atoms with Crippen molar-refractivity contribution in [2.24, 2.45) is 4.99 Å². The lowest BCUT2D eigenvalue weighted by Crippen LogP contribution is -2.39. The molecular weight excluding hydrogens is 495 g/mol. The third-order valence-electron chi connectivity index (χ3n) is 2.90. The van der Waals surface area contributed by atoms with Crippen molar-refractivity contribution in [3.8, 4) is 0 Å². The van der Waals surface area contributed by atoms with Crippen molar-refractivity contribution >= 4 is 63.3 Å².